The normalized spacial score (nSPS) is 10.2. The van der Waals surface area contributed by atoms with E-state index in [1.54, 1.807) is 0 Å². The van der Waals surface area contributed by atoms with Crippen LogP contribution in [0.5, 0.6) is 0 Å². The Morgan fingerprint density at radius 2 is 1.80 bits per heavy atom. The van der Waals surface area contributed by atoms with Crippen molar-refractivity contribution >= 4 is 44.6 Å². The van der Waals surface area contributed by atoms with Gasteiger partial charge in [-0.05, 0) is 67.0 Å². The first-order valence-electron chi connectivity index (χ1n) is 6.51. The fourth-order valence-corrected chi connectivity index (χ4v) is 2.37. The maximum atomic E-state index is 5.34. The van der Waals surface area contributed by atoms with Gasteiger partial charge in [-0.2, -0.15) is 0 Å². The lowest BCUT2D eigenvalue weighted by Crippen LogP contribution is -2.19. The average molecular weight is 349 g/mol. The minimum Gasteiger partial charge on any atom is -0.332 e. The number of thiocarbonyl (C=S) groups is 1. The van der Waals surface area contributed by atoms with Crippen molar-refractivity contribution in [3.8, 4) is 0 Å². The van der Waals surface area contributed by atoms with Crippen LogP contribution < -0.4 is 10.6 Å². The SMILES string of the molecule is CCc1cccc(NC(=S)Nc2ccc(Br)c(C)c2)c1. The average Bonchev–Trinajstić information content (AvgIpc) is 2.43. The molecule has 0 spiro atoms. The minimum absolute atomic E-state index is 0.597. The molecule has 0 bridgehead atoms. The number of anilines is 2. The summed E-state index contributed by atoms with van der Waals surface area (Å²) < 4.78 is 1.09. The van der Waals surface area contributed by atoms with Crippen molar-refractivity contribution in [2.24, 2.45) is 0 Å². The molecule has 2 nitrogen and oxygen atoms in total. The summed E-state index contributed by atoms with van der Waals surface area (Å²) in [5.74, 6) is 0. The largest absolute Gasteiger partial charge is 0.332 e. The van der Waals surface area contributed by atoms with Crippen molar-refractivity contribution in [2.75, 3.05) is 10.6 Å². The van der Waals surface area contributed by atoms with Gasteiger partial charge >= 0.3 is 0 Å². The van der Waals surface area contributed by atoms with E-state index in [-0.39, 0.29) is 0 Å². The Hall–Kier alpha value is -1.39. The summed E-state index contributed by atoms with van der Waals surface area (Å²) in [6, 6.07) is 14.3. The molecule has 0 atom stereocenters. The fourth-order valence-electron chi connectivity index (χ4n) is 1.88. The monoisotopic (exact) mass is 348 g/mol. The zero-order chi connectivity index (χ0) is 14.5. The molecule has 2 rings (SSSR count). The Labute approximate surface area is 133 Å². The Morgan fingerprint density at radius 3 is 2.45 bits per heavy atom. The zero-order valence-corrected chi connectivity index (χ0v) is 13.9. The molecule has 2 aromatic rings. The molecule has 0 heterocycles. The van der Waals surface area contributed by atoms with Gasteiger partial charge in [-0.25, -0.2) is 0 Å². The van der Waals surface area contributed by atoms with Crippen LogP contribution in [-0.4, -0.2) is 5.11 Å². The fraction of sp³-hybridized carbons (Fsp3) is 0.188. The van der Waals surface area contributed by atoms with Gasteiger partial charge in [-0.1, -0.05) is 35.0 Å². The molecule has 104 valence electrons. The van der Waals surface area contributed by atoms with Crippen LogP contribution in [0.2, 0.25) is 0 Å². The number of nitrogens with one attached hydrogen (secondary N) is 2. The molecule has 0 amide bonds. The Kier molecular flexibility index (Phi) is 5.15. The number of rotatable bonds is 3. The molecule has 0 aliphatic carbocycles. The Morgan fingerprint density at radius 1 is 1.10 bits per heavy atom. The van der Waals surface area contributed by atoms with Gasteiger partial charge in [0.05, 0.1) is 0 Å². The van der Waals surface area contributed by atoms with E-state index >= 15 is 0 Å². The number of hydrogen-bond acceptors (Lipinski definition) is 1. The molecule has 20 heavy (non-hydrogen) atoms. The predicted octanol–water partition coefficient (Wildman–Crippen LogP) is 5.13. The highest BCUT2D eigenvalue weighted by Gasteiger charge is 2.01. The Balaban J connectivity index is 2.03. The number of benzene rings is 2. The minimum atomic E-state index is 0.597. The maximum Gasteiger partial charge on any atom is 0.175 e. The molecule has 0 unspecified atom stereocenters. The van der Waals surface area contributed by atoms with E-state index in [1.807, 2.05) is 24.3 Å². The molecule has 0 aromatic heterocycles. The molecule has 0 aliphatic rings. The molecule has 2 N–H and O–H groups in total. The first-order chi connectivity index (χ1) is 9.58. The van der Waals surface area contributed by atoms with Gasteiger partial charge in [0.15, 0.2) is 5.11 Å². The van der Waals surface area contributed by atoms with E-state index in [4.69, 9.17) is 12.2 Å². The van der Waals surface area contributed by atoms with Crippen LogP contribution in [0.1, 0.15) is 18.1 Å². The summed E-state index contributed by atoms with van der Waals surface area (Å²) in [7, 11) is 0. The van der Waals surface area contributed by atoms with Gasteiger partial charge in [0, 0.05) is 15.8 Å². The number of halogens is 1. The standard InChI is InChI=1S/C16H17BrN2S/c1-3-12-5-4-6-13(10-12)18-16(20)19-14-7-8-15(17)11(2)9-14/h4-10H,3H2,1-2H3,(H2,18,19,20). The van der Waals surface area contributed by atoms with Crippen LogP contribution in [0.4, 0.5) is 11.4 Å². The summed E-state index contributed by atoms with van der Waals surface area (Å²) >= 11 is 8.83. The molecule has 0 aliphatic heterocycles. The van der Waals surface area contributed by atoms with Crippen molar-refractivity contribution in [3.05, 3.63) is 58.1 Å². The van der Waals surface area contributed by atoms with Crippen LogP contribution in [0, 0.1) is 6.92 Å². The summed E-state index contributed by atoms with van der Waals surface area (Å²) in [5, 5.41) is 7.00. The second-order valence-corrected chi connectivity index (χ2v) is 5.86. The van der Waals surface area contributed by atoms with Crippen molar-refractivity contribution in [1.29, 1.82) is 0 Å². The third kappa shape index (κ3) is 4.05. The molecule has 2 aromatic carbocycles. The molecule has 0 saturated heterocycles. The predicted molar refractivity (Wildman–Crippen MR) is 94.5 cm³/mol. The van der Waals surface area contributed by atoms with E-state index in [1.165, 1.54) is 11.1 Å². The topological polar surface area (TPSA) is 24.1 Å². The van der Waals surface area contributed by atoms with Crippen LogP contribution in [-0.2, 0) is 6.42 Å². The first-order valence-corrected chi connectivity index (χ1v) is 7.71. The van der Waals surface area contributed by atoms with E-state index in [9.17, 15) is 0 Å². The molecular formula is C16H17BrN2S. The van der Waals surface area contributed by atoms with Gasteiger partial charge in [0.1, 0.15) is 0 Å². The van der Waals surface area contributed by atoms with Gasteiger partial charge in [-0.15, -0.1) is 0 Å². The van der Waals surface area contributed by atoms with Crippen molar-refractivity contribution in [1.82, 2.24) is 0 Å². The van der Waals surface area contributed by atoms with Crippen LogP contribution in [0.15, 0.2) is 46.9 Å². The van der Waals surface area contributed by atoms with Gasteiger partial charge in [-0.3, -0.25) is 0 Å². The summed E-state index contributed by atoms with van der Waals surface area (Å²) in [5.41, 5.74) is 4.45. The van der Waals surface area contributed by atoms with Crippen LogP contribution >= 0.6 is 28.1 Å². The third-order valence-corrected chi connectivity index (χ3v) is 4.10. The van der Waals surface area contributed by atoms with Crippen LogP contribution in [0.25, 0.3) is 0 Å². The zero-order valence-electron chi connectivity index (χ0n) is 11.5. The lowest BCUT2D eigenvalue weighted by molar-refractivity contribution is 1.14. The number of hydrogen-bond donors (Lipinski definition) is 2. The lowest BCUT2D eigenvalue weighted by atomic mass is 10.1. The smallest absolute Gasteiger partial charge is 0.175 e. The second kappa shape index (κ2) is 6.86. The third-order valence-electron chi connectivity index (χ3n) is 3.01. The van der Waals surface area contributed by atoms with Gasteiger partial charge < -0.3 is 10.6 Å². The lowest BCUT2D eigenvalue weighted by Gasteiger charge is -2.12. The van der Waals surface area contributed by atoms with Crippen molar-refractivity contribution in [3.63, 3.8) is 0 Å². The van der Waals surface area contributed by atoms with Gasteiger partial charge in [0.25, 0.3) is 0 Å². The quantitative estimate of drug-likeness (QED) is 0.752. The van der Waals surface area contributed by atoms with Crippen LogP contribution in [0.3, 0.4) is 0 Å². The molecule has 0 fully saturated rings. The van der Waals surface area contributed by atoms with E-state index in [0.717, 1.165) is 22.3 Å². The van der Waals surface area contributed by atoms with Crippen molar-refractivity contribution < 1.29 is 0 Å². The summed E-state index contributed by atoms with van der Waals surface area (Å²) in [6.07, 6.45) is 1.02. The highest BCUT2D eigenvalue weighted by molar-refractivity contribution is 9.10. The second-order valence-electron chi connectivity index (χ2n) is 4.60. The molecule has 0 saturated carbocycles. The van der Waals surface area contributed by atoms with E-state index in [0.29, 0.717) is 5.11 Å². The molecule has 4 heteroatoms. The molecular weight excluding hydrogens is 332 g/mol. The maximum absolute atomic E-state index is 5.34. The highest BCUT2D eigenvalue weighted by atomic mass is 79.9. The molecule has 0 radical (unpaired) electrons. The summed E-state index contributed by atoms with van der Waals surface area (Å²) in [4.78, 5) is 0. The number of aryl methyl sites for hydroxylation is 2. The Bertz CT molecular complexity index is 626. The van der Waals surface area contributed by atoms with Crippen molar-refractivity contribution in [2.45, 2.75) is 20.3 Å². The van der Waals surface area contributed by atoms with Gasteiger partial charge in [0.2, 0.25) is 0 Å². The highest BCUT2D eigenvalue weighted by Crippen LogP contribution is 2.20. The summed E-state index contributed by atoms with van der Waals surface area (Å²) in [6.45, 7) is 4.19. The first kappa shape index (κ1) is 15.0. The van der Waals surface area contributed by atoms with E-state index < -0.39 is 0 Å². The van der Waals surface area contributed by atoms with E-state index in [2.05, 4.69) is 58.6 Å².